The molecule has 0 saturated heterocycles. The minimum atomic E-state index is -1.29. The Balaban J connectivity index is 3.49. The normalized spacial score (nSPS) is 9.21. The highest BCUT2D eigenvalue weighted by Crippen LogP contribution is 1.82. The average molecular weight is 198 g/mol. The van der Waals surface area contributed by atoms with Gasteiger partial charge in [-0.3, -0.25) is 4.79 Å². The number of hydrogen-bond acceptors (Lipinski definition) is 5. The van der Waals surface area contributed by atoms with E-state index in [9.17, 15) is 9.59 Å². The Hall–Kier alpha value is -2.20. The van der Waals surface area contributed by atoms with Crippen molar-refractivity contribution >= 4 is 0 Å². The zero-order chi connectivity index (χ0) is 10.7. The van der Waals surface area contributed by atoms with Gasteiger partial charge in [-0.25, -0.2) is 4.79 Å². The van der Waals surface area contributed by atoms with E-state index in [1.54, 1.807) is 0 Å². The van der Waals surface area contributed by atoms with Crippen molar-refractivity contribution < 1.29 is 15.5 Å². The Bertz CT molecular complexity index is 516. The molecule has 0 bridgehead atoms. The van der Waals surface area contributed by atoms with Crippen molar-refractivity contribution in [2.24, 2.45) is 0 Å². The molecule has 0 aliphatic rings. The van der Waals surface area contributed by atoms with Gasteiger partial charge in [0.2, 0.25) is 0 Å². The summed E-state index contributed by atoms with van der Waals surface area (Å²) in [6.07, 6.45) is 0.750. The molecule has 0 spiro atoms. The molecule has 3 N–H and O–H groups in total. The molecule has 1 heterocycles. The number of rotatable bonds is 0. The van der Waals surface area contributed by atoms with E-state index in [2.05, 4.69) is 11.8 Å². The van der Waals surface area contributed by atoms with Crippen molar-refractivity contribution in [1.29, 1.82) is 0 Å². The van der Waals surface area contributed by atoms with Crippen molar-refractivity contribution in [3.63, 3.8) is 0 Å². The van der Waals surface area contributed by atoms with Crippen LogP contribution in [0, 0.1) is 11.8 Å². The molecule has 1 rings (SSSR count). The van der Waals surface area contributed by atoms with Gasteiger partial charge in [-0.2, -0.15) is 0 Å². The molecular formula is C7H6N2O5. The molecular weight excluding hydrogens is 192 g/mol. The first-order valence-electron chi connectivity index (χ1n) is 3.45. The topological polar surface area (TPSA) is 105 Å². The zero-order valence-corrected chi connectivity index (χ0v) is 6.84. The van der Waals surface area contributed by atoms with Gasteiger partial charge in [0.1, 0.15) is 12.2 Å². The van der Waals surface area contributed by atoms with E-state index in [1.165, 1.54) is 0 Å². The van der Waals surface area contributed by atoms with Gasteiger partial charge < -0.3 is 15.5 Å². The smallest absolute Gasteiger partial charge is 0.397 e. The summed E-state index contributed by atoms with van der Waals surface area (Å²) in [6.45, 7) is -0.477. The molecule has 0 amide bonds. The molecule has 1 aromatic rings. The van der Waals surface area contributed by atoms with Crippen LogP contribution < -0.4 is 11.2 Å². The minimum Gasteiger partial charge on any atom is -0.424 e. The third-order valence-electron chi connectivity index (χ3n) is 1.35. The predicted octanol–water partition coefficient (Wildman–Crippen LogP) is -2.17. The lowest BCUT2D eigenvalue weighted by molar-refractivity contribution is 0.101. The van der Waals surface area contributed by atoms with Gasteiger partial charge in [-0.05, 0) is 0 Å². The number of aliphatic hydroxyl groups excluding tert-OH is 1. The summed E-state index contributed by atoms with van der Waals surface area (Å²) in [5.74, 6) is 4.29. The molecule has 0 aromatic carbocycles. The van der Waals surface area contributed by atoms with E-state index in [1.807, 2.05) is 0 Å². The number of aliphatic hydroxyl groups is 1. The number of hydrogen-bond donors (Lipinski definition) is 3. The van der Waals surface area contributed by atoms with Crippen LogP contribution in [0.25, 0.3) is 0 Å². The first-order valence-corrected chi connectivity index (χ1v) is 3.45. The van der Waals surface area contributed by atoms with Crippen LogP contribution in [0.2, 0.25) is 0 Å². The number of nitrogens with zero attached hydrogens (tertiary/aromatic N) is 2. The fourth-order valence-electron chi connectivity index (χ4n) is 0.751. The fourth-order valence-corrected chi connectivity index (χ4v) is 0.751. The van der Waals surface area contributed by atoms with Crippen LogP contribution >= 0.6 is 0 Å². The summed E-state index contributed by atoms with van der Waals surface area (Å²) in [7, 11) is 0. The predicted molar refractivity (Wildman–Crippen MR) is 43.3 cm³/mol. The minimum absolute atomic E-state index is 0.0167. The van der Waals surface area contributed by atoms with Gasteiger partial charge in [-0.15, -0.1) is 4.73 Å². The van der Waals surface area contributed by atoms with Crippen molar-refractivity contribution in [2.75, 3.05) is 6.61 Å². The van der Waals surface area contributed by atoms with Crippen LogP contribution in [0.4, 0.5) is 0 Å². The van der Waals surface area contributed by atoms with E-state index >= 15 is 0 Å². The van der Waals surface area contributed by atoms with Crippen molar-refractivity contribution in [3.8, 4) is 11.8 Å². The molecule has 1 aromatic heterocycles. The molecule has 0 aliphatic carbocycles. The highest BCUT2D eigenvalue weighted by molar-refractivity contribution is 5.29. The largest absolute Gasteiger partial charge is 0.424 e. The van der Waals surface area contributed by atoms with Crippen LogP contribution in [0.1, 0.15) is 5.56 Å². The second-order valence-electron chi connectivity index (χ2n) is 2.25. The fraction of sp³-hybridized carbons (Fsp3) is 0.143. The highest BCUT2D eigenvalue weighted by Gasteiger charge is 2.07. The molecule has 0 saturated carbocycles. The Morgan fingerprint density at radius 3 is 2.57 bits per heavy atom. The van der Waals surface area contributed by atoms with Gasteiger partial charge in [0.05, 0.1) is 6.20 Å². The van der Waals surface area contributed by atoms with Gasteiger partial charge in [0, 0.05) is 0 Å². The van der Waals surface area contributed by atoms with E-state index in [-0.39, 0.29) is 15.0 Å². The van der Waals surface area contributed by atoms with Gasteiger partial charge in [-0.1, -0.05) is 16.6 Å². The van der Waals surface area contributed by atoms with Crippen molar-refractivity contribution in [2.45, 2.75) is 0 Å². The van der Waals surface area contributed by atoms with E-state index < -0.39 is 17.9 Å². The standard InChI is InChI=1S/C7H6N2O5/c10-3-1-2-5-4-8(13)7(12)9(14)6(5)11/h4,10,13-14H,3H2. The van der Waals surface area contributed by atoms with Crippen molar-refractivity contribution in [3.05, 3.63) is 32.6 Å². The molecule has 0 atom stereocenters. The molecule has 0 fully saturated rings. The van der Waals surface area contributed by atoms with Gasteiger partial charge in [0.15, 0.2) is 0 Å². The lowest BCUT2D eigenvalue weighted by atomic mass is 10.3. The van der Waals surface area contributed by atoms with Gasteiger partial charge >= 0.3 is 11.2 Å². The van der Waals surface area contributed by atoms with Gasteiger partial charge in [0.25, 0.3) is 0 Å². The summed E-state index contributed by atoms with van der Waals surface area (Å²) in [6, 6.07) is 0. The Labute approximate surface area is 77.0 Å². The summed E-state index contributed by atoms with van der Waals surface area (Å²) in [4.78, 5) is 21.8. The summed E-state index contributed by atoms with van der Waals surface area (Å²) < 4.78 is -0.260. The second kappa shape index (κ2) is 3.68. The van der Waals surface area contributed by atoms with Crippen molar-refractivity contribution in [1.82, 2.24) is 9.46 Å². The molecule has 0 unspecified atom stereocenters. The van der Waals surface area contributed by atoms with Crippen LogP contribution in [0.15, 0.2) is 15.8 Å². The summed E-state index contributed by atoms with van der Waals surface area (Å²) in [5.41, 5.74) is -2.64. The monoisotopic (exact) mass is 198 g/mol. The van der Waals surface area contributed by atoms with E-state index in [0.717, 1.165) is 6.20 Å². The van der Waals surface area contributed by atoms with Crippen LogP contribution in [-0.4, -0.2) is 31.6 Å². The molecule has 0 aliphatic heterocycles. The maximum atomic E-state index is 11.1. The zero-order valence-electron chi connectivity index (χ0n) is 6.84. The molecule has 0 radical (unpaired) electrons. The molecule has 7 nitrogen and oxygen atoms in total. The number of aromatic nitrogens is 2. The van der Waals surface area contributed by atoms with Crippen LogP contribution in [-0.2, 0) is 0 Å². The highest BCUT2D eigenvalue weighted by atomic mass is 16.5. The molecule has 14 heavy (non-hydrogen) atoms. The SMILES string of the molecule is O=c1c(C#CCO)cn(O)c(=O)n1O. The summed E-state index contributed by atoms with van der Waals surface area (Å²) >= 11 is 0. The van der Waals surface area contributed by atoms with E-state index in [0.29, 0.717) is 0 Å². The second-order valence-corrected chi connectivity index (χ2v) is 2.25. The quantitative estimate of drug-likeness (QED) is 0.325. The van der Waals surface area contributed by atoms with Crippen LogP contribution in [0.5, 0.6) is 0 Å². The summed E-state index contributed by atoms with van der Waals surface area (Å²) in [5, 5.41) is 26.0. The lowest BCUT2D eigenvalue weighted by Crippen LogP contribution is -2.38. The Kier molecular flexibility index (Phi) is 2.59. The molecule has 74 valence electrons. The first kappa shape index (κ1) is 9.88. The average Bonchev–Trinajstić information content (AvgIpc) is 2.18. The van der Waals surface area contributed by atoms with E-state index in [4.69, 9.17) is 15.5 Å². The maximum Gasteiger partial charge on any atom is 0.397 e. The Morgan fingerprint density at radius 2 is 2.00 bits per heavy atom. The molecule has 7 heteroatoms. The third kappa shape index (κ3) is 1.60. The Morgan fingerprint density at radius 1 is 1.36 bits per heavy atom. The lowest BCUT2D eigenvalue weighted by Gasteiger charge is -1.98. The third-order valence-corrected chi connectivity index (χ3v) is 1.35. The first-order chi connectivity index (χ1) is 6.57. The van der Waals surface area contributed by atoms with Crippen LogP contribution in [0.3, 0.4) is 0 Å². The maximum absolute atomic E-state index is 11.1.